The van der Waals surface area contributed by atoms with Crippen LogP contribution in [0.2, 0.25) is 0 Å². The van der Waals surface area contributed by atoms with Gasteiger partial charge in [-0.3, -0.25) is 15.1 Å². The molecule has 1 aliphatic rings. The highest BCUT2D eigenvalue weighted by atomic mass is 16.6. The summed E-state index contributed by atoms with van der Waals surface area (Å²) in [6.07, 6.45) is 1.62. The Labute approximate surface area is 137 Å². The van der Waals surface area contributed by atoms with Crippen LogP contribution in [0, 0.1) is 10.1 Å². The van der Waals surface area contributed by atoms with Crippen molar-refractivity contribution in [3.8, 4) is 17.2 Å². The molecule has 1 aliphatic heterocycles. The fourth-order valence-electron chi connectivity index (χ4n) is 2.77. The largest absolute Gasteiger partial charge is 0.496 e. The molecule has 3 aromatic carbocycles. The van der Waals surface area contributed by atoms with Crippen LogP contribution in [0.3, 0.4) is 0 Å². The van der Waals surface area contributed by atoms with Crippen LogP contribution < -0.4 is 9.47 Å². The summed E-state index contributed by atoms with van der Waals surface area (Å²) in [5, 5.41) is 13.1. The van der Waals surface area contributed by atoms with Crippen molar-refractivity contribution < 1.29 is 14.4 Å². The Morgan fingerprint density at radius 3 is 2.75 bits per heavy atom. The molecule has 4 rings (SSSR count). The van der Waals surface area contributed by atoms with Gasteiger partial charge in [0.05, 0.1) is 29.7 Å². The van der Waals surface area contributed by atoms with E-state index in [0.29, 0.717) is 28.5 Å². The molecule has 0 N–H and O–H groups in total. The van der Waals surface area contributed by atoms with Gasteiger partial charge in [0.1, 0.15) is 17.2 Å². The number of methoxy groups -OCH3 is 1. The first kappa shape index (κ1) is 14.2. The molecule has 0 atom stereocenters. The highest BCUT2D eigenvalue weighted by Crippen LogP contribution is 2.44. The number of ether oxygens (including phenoxy) is 2. The molecule has 0 radical (unpaired) electrons. The van der Waals surface area contributed by atoms with Crippen molar-refractivity contribution in [1.82, 2.24) is 0 Å². The van der Waals surface area contributed by atoms with Crippen LogP contribution in [-0.2, 0) is 0 Å². The van der Waals surface area contributed by atoms with Gasteiger partial charge in [-0.2, -0.15) is 0 Å². The van der Waals surface area contributed by atoms with Crippen LogP contribution in [0.15, 0.2) is 53.5 Å². The molecule has 0 spiro atoms. The lowest BCUT2D eigenvalue weighted by Crippen LogP contribution is -1.97. The van der Waals surface area contributed by atoms with E-state index in [-0.39, 0.29) is 5.69 Å². The summed E-state index contributed by atoms with van der Waals surface area (Å²) in [7, 11) is 1.46. The average molecular weight is 320 g/mol. The minimum absolute atomic E-state index is 0.0942. The molecule has 0 aliphatic carbocycles. The van der Waals surface area contributed by atoms with E-state index in [1.807, 2.05) is 36.4 Å². The summed E-state index contributed by atoms with van der Waals surface area (Å²) < 4.78 is 11.2. The maximum atomic E-state index is 11.1. The SMILES string of the molecule is COc1cc([N+](=O)[O-])cc2c1C=Nc1c(ccc3ccccc13)O2. The van der Waals surface area contributed by atoms with E-state index < -0.39 is 4.92 Å². The summed E-state index contributed by atoms with van der Waals surface area (Å²) in [5.41, 5.74) is 1.17. The van der Waals surface area contributed by atoms with Crippen LogP contribution in [0.25, 0.3) is 10.8 Å². The zero-order valence-electron chi connectivity index (χ0n) is 12.7. The first-order valence-electron chi connectivity index (χ1n) is 7.27. The third kappa shape index (κ3) is 2.16. The number of nitro benzene ring substituents is 1. The fourth-order valence-corrected chi connectivity index (χ4v) is 2.77. The Hall–Kier alpha value is -3.41. The van der Waals surface area contributed by atoms with Gasteiger partial charge in [0.15, 0.2) is 5.75 Å². The van der Waals surface area contributed by atoms with E-state index >= 15 is 0 Å². The Morgan fingerprint density at radius 2 is 1.96 bits per heavy atom. The zero-order chi connectivity index (χ0) is 16.7. The fraction of sp³-hybridized carbons (Fsp3) is 0.0556. The molecular weight excluding hydrogens is 308 g/mol. The molecular formula is C18H12N2O4. The zero-order valence-corrected chi connectivity index (χ0v) is 12.7. The van der Waals surface area contributed by atoms with Gasteiger partial charge >= 0.3 is 0 Å². The standard InChI is InChI=1S/C18H12N2O4/c1-23-16-8-12(20(21)22)9-17-14(16)10-19-18-13-5-3-2-4-11(13)6-7-15(18)24-17/h2-10H,1H3. The van der Waals surface area contributed by atoms with Gasteiger partial charge in [-0.05, 0) is 11.5 Å². The molecule has 1 heterocycles. The molecule has 0 unspecified atom stereocenters. The molecule has 0 aromatic heterocycles. The van der Waals surface area contributed by atoms with Crippen molar-refractivity contribution in [2.45, 2.75) is 0 Å². The Bertz CT molecular complexity index is 1010. The summed E-state index contributed by atoms with van der Waals surface area (Å²) in [5.74, 6) is 1.24. The van der Waals surface area contributed by atoms with Crippen molar-refractivity contribution in [3.05, 3.63) is 64.2 Å². The highest BCUT2D eigenvalue weighted by molar-refractivity contribution is 6.00. The van der Waals surface area contributed by atoms with Crippen molar-refractivity contribution in [2.24, 2.45) is 4.99 Å². The van der Waals surface area contributed by atoms with Crippen molar-refractivity contribution in [2.75, 3.05) is 7.11 Å². The quantitative estimate of drug-likeness (QED) is 0.399. The smallest absolute Gasteiger partial charge is 0.276 e. The second-order valence-corrected chi connectivity index (χ2v) is 5.31. The van der Waals surface area contributed by atoms with Gasteiger partial charge < -0.3 is 9.47 Å². The van der Waals surface area contributed by atoms with Gasteiger partial charge in [-0.25, -0.2) is 0 Å². The van der Waals surface area contributed by atoms with Gasteiger partial charge in [-0.15, -0.1) is 0 Å². The van der Waals surface area contributed by atoms with Crippen LogP contribution in [-0.4, -0.2) is 18.2 Å². The normalized spacial score (nSPS) is 12.0. The maximum absolute atomic E-state index is 11.1. The molecule has 3 aromatic rings. The van der Waals surface area contributed by atoms with Gasteiger partial charge in [-0.1, -0.05) is 30.3 Å². The average Bonchev–Trinajstić information content (AvgIpc) is 2.79. The third-order valence-electron chi connectivity index (χ3n) is 3.93. The monoisotopic (exact) mass is 320 g/mol. The molecule has 0 bridgehead atoms. The molecule has 6 heteroatoms. The number of nitro groups is 1. The number of fused-ring (bicyclic) bond motifs is 4. The minimum Gasteiger partial charge on any atom is -0.496 e. The number of nitrogens with zero attached hydrogens (tertiary/aromatic N) is 2. The van der Waals surface area contributed by atoms with E-state index in [1.165, 1.54) is 19.2 Å². The molecule has 0 saturated carbocycles. The number of hydrogen-bond donors (Lipinski definition) is 0. The van der Waals surface area contributed by atoms with Crippen molar-refractivity contribution >= 4 is 28.4 Å². The number of hydrogen-bond acceptors (Lipinski definition) is 5. The second-order valence-electron chi connectivity index (χ2n) is 5.31. The van der Waals surface area contributed by atoms with Gasteiger partial charge in [0.2, 0.25) is 0 Å². The summed E-state index contributed by atoms with van der Waals surface area (Å²) in [6, 6.07) is 14.3. The summed E-state index contributed by atoms with van der Waals surface area (Å²) >= 11 is 0. The second kappa shape index (κ2) is 5.34. The van der Waals surface area contributed by atoms with Crippen LogP contribution in [0.4, 0.5) is 11.4 Å². The first-order chi connectivity index (χ1) is 11.7. The molecule has 0 saturated heterocycles. The predicted octanol–water partition coefficient (Wildman–Crippen LogP) is 4.61. The van der Waals surface area contributed by atoms with E-state index in [1.54, 1.807) is 6.21 Å². The van der Waals surface area contributed by atoms with E-state index in [4.69, 9.17) is 9.47 Å². The van der Waals surface area contributed by atoms with E-state index in [2.05, 4.69) is 4.99 Å². The number of non-ortho nitro benzene ring substituents is 1. The number of benzene rings is 3. The topological polar surface area (TPSA) is 74.0 Å². The van der Waals surface area contributed by atoms with Crippen LogP contribution >= 0.6 is 0 Å². The van der Waals surface area contributed by atoms with E-state index in [9.17, 15) is 10.1 Å². The van der Waals surface area contributed by atoms with Crippen LogP contribution in [0.5, 0.6) is 17.2 Å². The molecule has 118 valence electrons. The van der Waals surface area contributed by atoms with Crippen LogP contribution in [0.1, 0.15) is 5.56 Å². The lowest BCUT2D eigenvalue weighted by Gasteiger charge is -2.11. The predicted molar refractivity (Wildman–Crippen MR) is 90.9 cm³/mol. The van der Waals surface area contributed by atoms with E-state index in [0.717, 1.165) is 10.8 Å². The molecule has 24 heavy (non-hydrogen) atoms. The maximum Gasteiger partial charge on any atom is 0.276 e. The van der Waals surface area contributed by atoms with Crippen molar-refractivity contribution in [1.29, 1.82) is 0 Å². The highest BCUT2D eigenvalue weighted by Gasteiger charge is 2.21. The Morgan fingerprint density at radius 1 is 1.12 bits per heavy atom. The lowest BCUT2D eigenvalue weighted by atomic mass is 10.1. The lowest BCUT2D eigenvalue weighted by molar-refractivity contribution is -0.385. The van der Waals surface area contributed by atoms with Gasteiger partial charge in [0, 0.05) is 11.6 Å². The summed E-state index contributed by atoms with van der Waals surface area (Å²) in [6.45, 7) is 0. The summed E-state index contributed by atoms with van der Waals surface area (Å²) in [4.78, 5) is 15.2. The van der Waals surface area contributed by atoms with Gasteiger partial charge in [0.25, 0.3) is 5.69 Å². The minimum atomic E-state index is -0.477. The third-order valence-corrected chi connectivity index (χ3v) is 3.93. The Balaban J connectivity index is 1.96. The molecule has 6 nitrogen and oxygen atoms in total. The number of rotatable bonds is 2. The number of aliphatic imine (C=N–C) groups is 1. The van der Waals surface area contributed by atoms with Crippen molar-refractivity contribution in [3.63, 3.8) is 0 Å². The first-order valence-corrected chi connectivity index (χ1v) is 7.27. The Kier molecular flexibility index (Phi) is 3.16. The molecule has 0 fully saturated rings. The molecule has 0 amide bonds.